The van der Waals surface area contributed by atoms with Crippen molar-refractivity contribution in [2.24, 2.45) is 0 Å². The Morgan fingerprint density at radius 2 is 1.86 bits per heavy atom. The van der Waals surface area contributed by atoms with Crippen molar-refractivity contribution in [2.45, 2.75) is 13.8 Å². The second kappa shape index (κ2) is 7.22. The van der Waals surface area contributed by atoms with Crippen molar-refractivity contribution in [1.82, 2.24) is 0 Å². The van der Waals surface area contributed by atoms with Gasteiger partial charge in [-0.25, -0.2) is 4.79 Å². The zero-order valence-corrected chi connectivity index (χ0v) is 13.9. The predicted octanol–water partition coefficient (Wildman–Crippen LogP) is 4.25. The van der Waals surface area contributed by atoms with Crippen LogP contribution in [0.2, 0.25) is 0 Å². The number of esters is 1. The molecule has 0 aliphatic carbocycles. The third kappa shape index (κ3) is 3.74. The van der Waals surface area contributed by atoms with E-state index in [1.54, 1.807) is 25.1 Å². The molecule has 0 saturated carbocycles. The van der Waals surface area contributed by atoms with E-state index in [2.05, 4.69) is 21.2 Å². The first-order chi connectivity index (χ1) is 10.5. The van der Waals surface area contributed by atoms with E-state index in [0.717, 1.165) is 15.6 Å². The lowest BCUT2D eigenvalue weighted by molar-refractivity contribution is -0.114. The summed E-state index contributed by atoms with van der Waals surface area (Å²) in [5, 5.41) is 2.68. The molecule has 1 N–H and O–H groups in total. The molecule has 22 heavy (non-hydrogen) atoms. The topological polar surface area (TPSA) is 55.4 Å². The van der Waals surface area contributed by atoms with Gasteiger partial charge in [0, 0.05) is 17.1 Å². The summed E-state index contributed by atoms with van der Waals surface area (Å²) in [4.78, 5) is 23.4. The third-order valence-electron chi connectivity index (χ3n) is 3.00. The van der Waals surface area contributed by atoms with Gasteiger partial charge in [0.25, 0.3) is 0 Å². The Morgan fingerprint density at radius 1 is 1.14 bits per heavy atom. The van der Waals surface area contributed by atoms with Crippen LogP contribution in [0.4, 0.5) is 5.69 Å². The van der Waals surface area contributed by atoms with Crippen LogP contribution in [-0.4, -0.2) is 18.5 Å². The molecule has 2 rings (SSSR count). The molecule has 0 unspecified atom stereocenters. The van der Waals surface area contributed by atoms with Crippen LogP contribution in [0.25, 0.3) is 11.1 Å². The van der Waals surface area contributed by atoms with Crippen LogP contribution in [-0.2, 0) is 9.53 Å². The molecule has 1 amide bonds. The van der Waals surface area contributed by atoms with E-state index in [4.69, 9.17) is 4.74 Å². The van der Waals surface area contributed by atoms with Crippen molar-refractivity contribution in [3.8, 4) is 11.1 Å². The maximum Gasteiger partial charge on any atom is 0.338 e. The zero-order chi connectivity index (χ0) is 16.1. The Hall–Kier alpha value is -2.14. The molecular weight excluding hydrogens is 346 g/mol. The predicted molar refractivity (Wildman–Crippen MR) is 89.8 cm³/mol. The van der Waals surface area contributed by atoms with Crippen molar-refractivity contribution < 1.29 is 14.3 Å². The van der Waals surface area contributed by atoms with Crippen molar-refractivity contribution in [3.63, 3.8) is 0 Å². The number of carbonyl (C=O) groups excluding carboxylic acids is 2. The van der Waals surface area contributed by atoms with E-state index in [1.807, 2.05) is 24.3 Å². The fraction of sp³-hybridized carbons (Fsp3) is 0.176. The van der Waals surface area contributed by atoms with Crippen LogP contribution < -0.4 is 5.32 Å². The van der Waals surface area contributed by atoms with Crippen molar-refractivity contribution in [3.05, 3.63) is 52.5 Å². The number of nitrogens with one attached hydrogen (secondary N) is 1. The highest BCUT2D eigenvalue weighted by molar-refractivity contribution is 9.10. The minimum absolute atomic E-state index is 0.191. The van der Waals surface area contributed by atoms with Gasteiger partial charge in [-0.05, 0) is 36.2 Å². The molecule has 0 spiro atoms. The number of benzene rings is 2. The van der Waals surface area contributed by atoms with Crippen LogP contribution >= 0.6 is 15.9 Å². The standard InChI is InChI=1S/C17H16BrNO3/c1-3-22-17(21)15-10-12(19-11(2)20)8-9-13(15)14-6-4-5-7-16(14)18/h4-10H,3H2,1-2H3,(H,19,20). The highest BCUT2D eigenvalue weighted by Crippen LogP contribution is 2.32. The first-order valence-electron chi connectivity index (χ1n) is 6.86. The minimum atomic E-state index is -0.416. The summed E-state index contributed by atoms with van der Waals surface area (Å²) < 4.78 is 6.01. The van der Waals surface area contributed by atoms with Crippen LogP contribution in [0, 0.1) is 0 Å². The molecule has 0 aromatic heterocycles. The monoisotopic (exact) mass is 361 g/mol. The molecule has 114 valence electrons. The first kappa shape index (κ1) is 16.2. The maximum atomic E-state index is 12.2. The molecule has 2 aromatic rings. The number of hydrogen-bond acceptors (Lipinski definition) is 3. The lowest BCUT2D eigenvalue weighted by atomic mass is 9.99. The average Bonchev–Trinajstić information content (AvgIpc) is 2.47. The number of ether oxygens (including phenoxy) is 1. The summed E-state index contributed by atoms with van der Waals surface area (Å²) in [6.07, 6.45) is 0. The lowest BCUT2D eigenvalue weighted by Gasteiger charge is -2.13. The van der Waals surface area contributed by atoms with Gasteiger partial charge in [0.2, 0.25) is 5.91 Å². The summed E-state index contributed by atoms with van der Waals surface area (Å²) in [5.74, 6) is -0.607. The van der Waals surface area contributed by atoms with Crippen LogP contribution in [0.3, 0.4) is 0 Å². The molecule has 0 heterocycles. The Labute approximate surface area is 137 Å². The Bertz CT molecular complexity index is 713. The molecule has 0 aliphatic rings. The van der Waals surface area contributed by atoms with Gasteiger partial charge in [-0.15, -0.1) is 0 Å². The van der Waals surface area contributed by atoms with E-state index in [9.17, 15) is 9.59 Å². The van der Waals surface area contributed by atoms with Gasteiger partial charge in [0.15, 0.2) is 0 Å². The quantitative estimate of drug-likeness (QED) is 0.828. The molecule has 4 nitrogen and oxygen atoms in total. The van der Waals surface area contributed by atoms with E-state index in [1.165, 1.54) is 6.92 Å². The summed E-state index contributed by atoms with van der Waals surface area (Å²) in [6, 6.07) is 12.8. The van der Waals surface area contributed by atoms with Gasteiger partial charge < -0.3 is 10.1 Å². The molecule has 0 atom stereocenters. The number of rotatable bonds is 4. The average molecular weight is 362 g/mol. The second-order valence-corrected chi connectivity index (χ2v) is 5.50. The van der Waals surface area contributed by atoms with Gasteiger partial charge in [-0.3, -0.25) is 4.79 Å². The molecule has 0 aliphatic heterocycles. The van der Waals surface area contributed by atoms with E-state index < -0.39 is 5.97 Å². The van der Waals surface area contributed by atoms with E-state index in [0.29, 0.717) is 17.9 Å². The van der Waals surface area contributed by atoms with Crippen LogP contribution in [0.5, 0.6) is 0 Å². The van der Waals surface area contributed by atoms with Gasteiger partial charge in [0.1, 0.15) is 0 Å². The first-order valence-corrected chi connectivity index (χ1v) is 7.66. The highest BCUT2D eigenvalue weighted by Gasteiger charge is 2.16. The molecule has 2 aromatic carbocycles. The van der Waals surface area contributed by atoms with Crippen molar-refractivity contribution >= 4 is 33.5 Å². The summed E-state index contributed by atoms with van der Waals surface area (Å²) in [7, 11) is 0. The summed E-state index contributed by atoms with van der Waals surface area (Å²) in [6.45, 7) is 3.47. The van der Waals surface area contributed by atoms with Gasteiger partial charge in [-0.1, -0.05) is 40.2 Å². The smallest absolute Gasteiger partial charge is 0.338 e. The van der Waals surface area contributed by atoms with Crippen LogP contribution in [0.1, 0.15) is 24.2 Å². The van der Waals surface area contributed by atoms with Gasteiger partial charge >= 0.3 is 5.97 Å². The Kier molecular flexibility index (Phi) is 5.33. The largest absolute Gasteiger partial charge is 0.462 e. The second-order valence-electron chi connectivity index (χ2n) is 4.64. The number of hydrogen-bond donors (Lipinski definition) is 1. The number of carbonyl (C=O) groups is 2. The number of amides is 1. The maximum absolute atomic E-state index is 12.2. The molecule has 0 saturated heterocycles. The fourth-order valence-electron chi connectivity index (χ4n) is 2.12. The SMILES string of the molecule is CCOC(=O)c1cc(NC(C)=O)ccc1-c1ccccc1Br. The van der Waals surface area contributed by atoms with Crippen molar-refractivity contribution in [1.29, 1.82) is 0 Å². The third-order valence-corrected chi connectivity index (χ3v) is 3.69. The van der Waals surface area contributed by atoms with Gasteiger partial charge in [0.05, 0.1) is 12.2 Å². The minimum Gasteiger partial charge on any atom is -0.462 e. The molecule has 0 bridgehead atoms. The van der Waals surface area contributed by atoms with Crippen LogP contribution in [0.15, 0.2) is 46.9 Å². The lowest BCUT2D eigenvalue weighted by Crippen LogP contribution is -2.10. The van der Waals surface area contributed by atoms with E-state index >= 15 is 0 Å². The zero-order valence-electron chi connectivity index (χ0n) is 12.4. The van der Waals surface area contributed by atoms with E-state index in [-0.39, 0.29) is 5.91 Å². The summed E-state index contributed by atoms with van der Waals surface area (Å²) in [5.41, 5.74) is 2.62. The molecule has 5 heteroatoms. The molecular formula is C17H16BrNO3. The highest BCUT2D eigenvalue weighted by atomic mass is 79.9. The summed E-state index contributed by atoms with van der Waals surface area (Å²) >= 11 is 3.49. The number of anilines is 1. The Balaban J connectivity index is 2.55. The number of halogens is 1. The van der Waals surface area contributed by atoms with Gasteiger partial charge in [-0.2, -0.15) is 0 Å². The molecule has 0 fully saturated rings. The Morgan fingerprint density at radius 3 is 2.50 bits per heavy atom. The normalized spacial score (nSPS) is 10.1. The fourth-order valence-corrected chi connectivity index (χ4v) is 2.62. The van der Waals surface area contributed by atoms with Crippen molar-refractivity contribution in [2.75, 3.05) is 11.9 Å². The molecule has 0 radical (unpaired) electrons.